The van der Waals surface area contributed by atoms with Gasteiger partial charge in [-0.15, -0.1) is 0 Å². The maximum absolute atomic E-state index is 12.1. The summed E-state index contributed by atoms with van der Waals surface area (Å²) in [5.41, 5.74) is 1.23. The topological polar surface area (TPSA) is 75.8 Å². The molecule has 2 fully saturated rings. The van der Waals surface area contributed by atoms with Crippen LogP contribution in [0.5, 0.6) is 0 Å². The monoisotopic (exact) mass is 385 g/mol. The lowest BCUT2D eigenvalue weighted by atomic mass is 10.2. The molecular weight excluding hydrogens is 366 g/mol. The third-order valence-electron chi connectivity index (χ3n) is 5.10. The summed E-state index contributed by atoms with van der Waals surface area (Å²) in [4.78, 5) is 16.6. The first-order valence-electron chi connectivity index (χ1n) is 8.37. The number of oxazole rings is 1. The van der Waals surface area contributed by atoms with E-state index >= 15 is 0 Å². The van der Waals surface area contributed by atoms with Gasteiger partial charge >= 0.3 is 5.76 Å². The van der Waals surface area contributed by atoms with E-state index in [1.807, 2.05) is 0 Å². The van der Waals surface area contributed by atoms with Crippen molar-refractivity contribution in [2.24, 2.45) is 0 Å². The van der Waals surface area contributed by atoms with Crippen LogP contribution in [0.1, 0.15) is 6.42 Å². The molecule has 25 heavy (non-hydrogen) atoms. The zero-order valence-electron chi connectivity index (χ0n) is 13.7. The highest BCUT2D eigenvalue weighted by atomic mass is 35.5. The standard InChI is InChI=1S/C16H20ClN3O4S/c17-12-1-2-14-15(9-12)24-16(21)20(14)11-18-4-6-19(7-5-18)13-3-8-25(22,23)10-13/h1-2,9,13H,3-8,10-11H2. The van der Waals surface area contributed by atoms with Crippen LogP contribution in [0.15, 0.2) is 27.4 Å². The van der Waals surface area contributed by atoms with Gasteiger partial charge in [0.25, 0.3) is 0 Å². The molecule has 1 aromatic carbocycles. The maximum Gasteiger partial charge on any atom is 0.421 e. The molecule has 2 aliphatic heterocycles. The van der Waals surface area contributed by atoms with E-state index < -0.39 is 9.84 Å². The number of halogens is 1. The van der Waals surface area contributed by atoms with Crippen molar-refractivity contribution in [3.05, 3.63) is 33.8 Å². The molecule has 7 nitrogen and oxygen atoms in total. The van der Waals surface area contributed by atoms with Gasteiger partial charge in [0.2, 0.25) is 0 Å². The van der Waals surface area contributed by atoms with Gasteiger partial charge in [0.1, 0.15) is 0 Å². The van der Waals surface area contributed by atoms with Crippen molar-refractivity contribution in [3.63, 3.8) is 0 Å². The first-order chi connectivity index (χ1) is 11.9. The molecule has 4 rings (SSSR count). The van der Waals surface area contributed by atoms with Crippen LogP contribution in [-0.4, -0.2) is 66.5 Å². The van der Waals surface area contributed by atoms with E-state index in [0.717, 1.165) is 38.1 Å². The number of benzene rings is 1. The van der Waals surface area contributed by atoms with Crippen LogP contribution in [0.4, 0.5) is 0 Å². The minimum absolute atomic E-state index is 0.145. The van der Waals surface area contributed by atoms with Crippen molar-refractivity contribution < 1.29 is 12.8 Å². The van der Waals surface area contributed by atoms with Gasteiger partial charge in [0.15, 0.2) is 15.4 Å². The fourth-order valence-electron chi connectivity index (χ4n) is 3.71. The van der Waals surface area contributed by atoms with E-state index in [1.54, 1.807) is 22.8 Å². The highest BCUT2D eigenvalue weighted by Gasteiger charge is 2.33. The Hall–Kier alpha value is -1.35. The molecule has 0 aliphatic carbocycles. The predicted molar refractivity (Wildman–Crippen MR) is 95.7 cm³/mol. The lowest BCUT2D eigenvalue weighted by Gasteiger charge is -2.37. The zero-order chi connectivity index (χ0) is 17.6. The Kier molecular flexibility index (Phi) is 4.39. The summed E-state index contributed by atoms with van der Waals surface area (Å²) in [7, 11) is -2.86. The number of hydrogen-bond acceptors (Lipinski definition) is 6. The number of fused-ring (bicyclic) bond motifs is 1. The maximum atomic E-state index is 12.1. The normalized spacial score (nSPS) is 24.9. The summed E-state index contributed by atoms with van der Waals surface area (Å²) in [6.45, 7) is 3.68. The van der Waals surface area contributed by atoms with Crippen molar-refractivity contribution in [2.75, 3.05) is 37.7 Å². The Morgan fingerprint density at radius 3 is 2.64 bits per heavy atom. The molecule has 0 amide bonds. The van der Waals surface area contributed by atoms with Gasteiger partial charge in [0, 0.05) is 43.3 Å². The van der Waals surface area contributed by atoms with Crippen LogP contribution in [0, 0.1) is 0 Å². The fraction of sp³-hybridized carbons (Fsp3) is 0.562. The summed E-state index contributed by atoms with van der Waals surface area (Å²) in [6.07, 6.45) is 0.731. The van der Waals surface area contributed by atoms with Crippen LogP contribution < -0.4 is 5.76 Å². The molecule has 3 heterocycles. The molecule has 2 saturated heterocycles. The van der Waals surface area contributed by atoms with E-state index in [1.165, 1.54) is 0 Å². The molecule has 0 spiro atoms. The second-order valence-corrected chi connectivity index (χ2v) is 9.43. The molecule has 2 aromatic rings. The Bertz CT molecular complexity index is 944. The van der Waals surface area contributed by atoms with E-state index in [4.69, 9.17) is 16.0 Å². The van der Waals surface area contributed by atoms with Crippen molar-refractivity contribution in [1.82, 2.24) is 14.4 Å². The number of nitrogens with zero attached hydrogens (tertiary/aromatic N) is 3. The third-order valence-corrected chi connectivity index (χ3v) is 7.09. The van der Waals surface area contributed by atoms with Gasteiger partial charge in [-0.1, -0.05) is 11.6 Å². The van der Waals surface area contributed by atoms with Crippen molar-refractivity contribution in [3.8, 4) is 0 Å². The van der Waals surface area contributed by atoms with Gasteiger partial charge in [-0.3, -0.25) is 14.4 Å². The van der Waals surface area contributed by atoms with Gasteiger partial charge in [-0.25, -0.2) is 13.2 Å². The summed E-state index contributed by atoms with van der Waals surface area (Å²) in [5.74, 6) is 0.192. The second-order valence-electron chi connectivity index (χ2n) is 6.76. The van der Waals surface area contributed by atoms with E-state index in [9.17, 15) is 13.2 Å². The van der Waals surface area contributed by atoms with Crippen molar-refractivity contribution in [2.45, 2.75) is 19.1 Å². The van der Waals surface area contributed by atoms with Gasteiger partial charge in [-0.2, -0.15) is 0 Å². The van der Waals surface area contributed by atoms with Gasteiger partial charge in [0.05, 0.1) is 23.7 Å². The first-order valence-corrected chi connectivity index (χ1v) is 10.6. The Labute approximate surface area is 150 Å². The smallest absolute Gasteiger partial charge is 0.408 e. The van der Waals surface area contributed by atoms with Crippen molar-refractivity contribution >= 4 is 32.5 Å². The average Bonchev–Trinajstić information content (AvgIpc) is 3.07. The average molecular weight is 386 g/mol. The number of sulfone groups is 1. The Morgan fingerprint density at radius 1 is 1.20 bits per heavy atom. The molecule has 1 atom stereocenters. The summed E-state index contributed by atoms with van der Waals surface area (Å²) in [6, 6.07) is 5.33. The Morgan fingerprint density at radius 2 is 1.96 bits per heavy atom. The third kappa shape index (κ3) is 3.48. The van der Waals surface area contributed by atoms with E-state index in [-0.39, 0.29) is 17.6 Å². The highest BCUT2D eigenvalue weighted by Crippen LogP contribution is 2.21. The molecule has 9 heteroatoms. The molecule has 136 valence electrons. The quantitative estimate of drug-likeness (QED) is 0.785. The molecular formula is C16H20ClN3O4S. The Balaban J connectivity index is 1.42. The fourth-order valence-corrected chi connectivity index (χ4v) is 5.63. The summed E-state index contributed by atoms with van der Waals surface area (Å²) >= 11 is 5.94. The molecule has 0 bridgehead atoms. The number of aromatic nitrogens is 1. The van der Waals surface area contributed by atoms with Crippen LogP contribution in [-0.2, 0) is 16.5 Å². The van der Waals surface area contributed by atoms with Crippen LogP contribution in [0.25, 0.3) is 11.1 Å². The zero-order valence-corrected chi connectivity index (χ0v) is 15.3. The summed E-state index contributed by atoms with van der Waals surface area (Å²) in [5, 5.41) is 0.536. The minimum Gasteiger partial charge on any atom is -0.408 e. The highest BCUT2D eigenvalue weighted by molar-refractivity contribution is 7.91. The van der Waals surface area contributed by atoms with E-state index in [2.05, 4.69) is 9.80 Å². The SMILES string of the molecule is O=c1oc2cc(Cl)ccc2n1CN1CCN(C2CCS(=O)(=O)C2)CC1. The van der Waals surface area contributed by atoms with Crippen LogP contribution in [0.2, 0.25) is 5.02 Å². The molecule has 1 unspecified atom stereocenters. The minimum atomic E-state index is -2.86. The molecule has 0 N–H and O–H groups in total. The molecule has 0 radical (unpaired) electrons. The second kappa shape index (κ2) is 6.42. The lowest BCUT2D eigenvalue weighted by molar-refractivity contribution is 0.0839. The summed E-state index contributed by atoms with van der Waals surface area (Å²) < 4.78 is 30.2. The first kappa shape index (κ1) is 17.1. The lowest BCUT2D eigenvalue weighted by Crippen LogP contribution is -2.51. The largest absolute Gasteiger partial charge is 0.421 e. The molecule has 0 saturated carbocycles. The van der Waals surface area contributed by atoms with Crippen molar-refractivity contribution in [1.29, 1.82) is 0 Å². The number of rotatable bonds is 3. The van der Waals surface area contributed by atoms with Crippen LogP contribution in [0.3, 0.4) is 0 Å². The predicted octanol–water partition coefficient (Wildman–Crippen LogP) is 1.01. The van der Waals surface area contributed by atoms with Gasteiger partial charge in [-0.05, 0) is 18.6 Å². The van der Waals surface area contributed by atoms with Gasteiger partial charge < -0.3 is 4.42 Å². The van der Waals surface area contributed by atoms with Crippen LogP contribution >= 0.6 is 11.6 Å². The van der Waals surface area contributed by atoms with E-state index in [0.29, 0.717) is 23.0 Å². The number of hydrogen-bond donors (Lipinski definition) is 0. The molecule has 1 aromatic heterocycles. The number of piperazine rings is 1. The molecule has 2 aliphatic rings.